The van der Waals surface area contributed by atoms with Gasteiger partial charge in [0.05, 0.1) is 28.0 Å². The summed E-state index contributed by atoms with van der Waals surface area (Å²) in [5.41, 5.74) is -0.993. The maximum absolute atomic E-state index is 12.2. The van der Waals surface area contributed by atoms with Gasteiger partial charge >= 0.3 is 0 Å². The minimum atomic E-state index is -0.704. The molecule has 1 heterocycles. The third kappa shape index (κ3) is 3.77. The normalized spacial score (nSPS) is 12.0. The number of furan rings is 1. The highest BCUT2D eigenvalue weighted by molar-refractivity contribution is 9.10. The van der Waals surface area contributed by atoms with Crippen molar-refractivity contribution in [2.24, 2.45) is 0 Å². The molecule has 3 rings (SSSR count). The Hall–Kier alpha value is -3.07. The van der Waals surface area contributed by atoms with E-state index in [-0.39, 0.29) is 40.3 Å². The van der Waals surface area contributed by atoms with E-state index in [0.29, 0.717) is 12.2 Å². The Kier molecular flexibility index (Phi) is 5.78. The standard InChI is InChI=1S/C20H20BrN3O5/c1-4-12(19-11(21)8-9-29-19)22-14-15(18(27)17(14)26)23-13-7-5-6-10(16(13)25)20(28)24(2)3/h5-9,12,22-23,25H,4H2,1-3H3. The number of aromatic hydroxyl groups is 1. The molecule has 3 N–H and O–H groups in total. The van der Waals surface area contributed by atoms with Gasteiger partial charge in [0.15, 0.2) is 5.75 Å². The van der Waals surface area contributed by atoms with Crippen LogP contribution in [0.5, 0.6) is 5.75 Å². The summed E-state index contributed by atoms with van der Waals surface area (Å²) in [4.78, 5) is 37.8. The molecule has 1 atom stereocenters. The fourth-order valence-corrected chi connectivity index (χ4v) is 3.40. The predicted molar refractivity (Wildman–Crippen MR) is 114 cm³/mol. The summed E-state index contributed by atoms with van der Waals surface area (Å²) in [6.07, 6.45) is 2.12. The van der Waals surface area contributed by atoms with Crippen molar-refractivity contribution in [2.75, 3.05) is 24.7 Å². The molecule has 0 aliphatic rings. The first kappa shape index (κ1) is 20.7. The number of halogens is 1. The van der Waals surface area contributed by atoms with Crippen molar-refractivity contribution in [2.45, 2.75) is 19.4 Å². The molecule has 152 valence electrons. The van der Waals surface area contributed by atoms with Gasteiger partial charge in [-0.2, -0.15) is 0 Å². The molecule has 29 heavy (non-hydrogen) atoms. The summed E-state index contributed by atoms with van der Waals surface area (Å²) in [6.45, 7) is 1.91. The van der Waals surface area contributed by atoms with E-state index < -0.39 is 10.9 Å². The van der Waals surface area contributed by atoms with E-state index in [1.165, 1.54) is 23.3 Å². The van der Waals surface area contributed by atoms with E-state index in [2.05, 4.69) is 26.6 Å². The minimum Gasteiger partial charge on any atom is -0.505 e. The Morgan fingerprint density at radius 2 is 1.90 bits per heavy atom. The second kappa shape index (κ2) is 8.12. The number of benzene rings is 1. The molecule has 1 amide bonds. The number of carbonyl (C=O) groups excluding carboxylic acids is 1. The van der Waals surface area contributed by atoms with E-state index in [4.69, 9.17) is 4.42 Å². The predicted octanol–water partition coefficient (Wildman–Crippen LogP) is 3.35. The lowest BCUT2D eigenvalue weighted by molar-refractivity contribution is 0.0824. The van der Waals surface area contributed by atoms with Crippen LogP contribution < -0.4 is 21.5 Å². The van der Waals surface area contributed by atoms with Gasteiger partial charge in [0.25, 0.3) is 16.8 Å². The topological polar surface area (TPSA) is 112 Å². The average Bonchev–Trinajstić information content (AvgIpc) is 3.13. The van der Waals surface area contributed by atoms with E-state index >= 15 is 0 Å². The highest BCUT2D eigenvalue weighted by atomic mass is 79.9. The maximum atomic E-state index is 12.2. The van der Waals surface area contributed by atoms with Gasteiger partial charge in [-0.1, -0.05) is 13.0 Å². The number of hydrogen-bond donors (Lipinski definition) is 3. The Balaban J connectivity index is 1.91. The molecule has 0 aliphatic heterocycles. The molecule has 1 unspecified atom stereocenters. The second-order valence-corrected chi connectivity index (χ2v) is 7.53. The third-order valence-corrected chi connectivity index (χ3v) is 5.19. The van der Waals surface area contributed by atoms with Crippen LogP contribution in [0.4, 0.5) is 17.1 Å². The summed E-state index contributed by atoms with van der Waals surface area (Å²) < 4.78 is 6.20. The van der Waals surface area contributed by atoms with E-state index in [0.717, 1.165) is 4.47 Å². The van der Waals surface area contributed by atoms with E-state index in [1.807, 2.05) is 6.92 Å². The van der Waals surface area contributed by atoms with Gasteiger partial charge in [-0.05, 0) is 40.5 Å². The van der Waals surface area contributed by atoms with Crippen LogP contribution in [0.3, 0.4) is 0 Å². The summed E-state index contributed by atoms with van der Waals surface area (Å²) in [5, 5.41) is 16.3. The van der Waals surface area contributed by atoms with Crippen LogP contribution in [-0.4, -0.2) is 30.0 Å². The van der Waals surface area contributed by atoms with E-state index in [1.54, 1.807) is 26.2 Å². The Morgan fingerprint density at radius 1 is 1.21 bits per heavy atom. The molecule has 2 aromatic carbocycles. The monoisotopic (exact) mass is 461 g/mol. The van der Waals surface area contributed by atoms with Gasteiger partial charge in [-0.25, -0.2) is 0 Å². The second-order valence-electron chi connectivity index (χ2n) is 6.67. The largest absolute Gasteiger partial charge is 0.505 e. The highest BCUT2D eigenvalue weighted by Crippen LogP contribution is 2.34. The lowest BCUT2D eigenvalue weighted by Gasteiger charge is -2.21. The number of phenols is 1. The van der Waals surface area contributed by atoms with Crippen LogP contribution >= 0.6 is 15.9 Å². The molecule has 9 heteroatoms. The molecule has 8 nitrogen and oxygen atoms in total. The van der Waals surface area contributed by atoms with Crippen LogP contribution in [0.2, 0.25) is 0 Å². The van der Waals surface area contributed by atoms with Gasteiger partial charge in [-0.15, -0.1) is 0 Å². The van der Waals surface area contributed by atoms with E-state index in [9.17, 15) is 19.5 Å². The molecule has 3 aromatic rings. The van der Waals surface area contributed by atoms with Crippen LogP contribution in [0.1, 0.15) is 35.5 Å². The summed E-state index contributed by atoms with van der Waals surface area (Å²) in [6, 6.07) is 5.98. The molecule has 0 saturated carbocycles. The maximum Gasteiger partial charge on any atom is 0.257 e. The Bertz CT molecular complexity index is 1130. The number of para-hydroxylation sites is 1. The Labute approximate surface area is 175 Å². The summed E-state index contributed by atoms with van der Waals surface area (Å²) in [7, 11) is 3.14. The van der Waals surface area contributed by atoms with Gasteiger partial charge < -0.3 is 25.1 Å². The van der Waals surface area contributed by atoms with Crippen LogP contribution in [-0.2, 0) is 0 Å². The molecule has 0 fully saturated rings. The van der Waals surface area contributed by atoms with Crippen molar-refractivity contribution in [3.63, 3.8) is 0 Å². The molecule has 0 saturated heterocycles. The molecule has 1 aromatic heterocycles. The zero-order valence-corrected chi connectivity index (χ0v) is 17.7. The van der Waals surface area contributed by atoms with Crippen LogP contribution in [0, 0.1) is 0 Å². The van der Waals surface area contributed by atoms with Gasteiger partial charge in [0.1, 0.15) is 17.1 Å². The molecule has 0 bridgehead atoms. The van der Waals surface area contributed by atoms with Crippen molar-refractivity contribution >= 4 is 38.9 Å². The quantitative estimate of drug-likeness (QED) is 0.365. The number of anilines is 3. The van der Waals surface area contributed by atoms with Gasteiger partial charge in [-0.3, -0.25) is 14.4 Å². The highest BCUT2D eigenvalue weighted by Gasteiger charge is 2.27. The molecule has 0 spiro atoms. The first-order chi connectivity index (χ1) is 13.8. The number of phenolic OH excluding ortho intramolecular Hbond substituents is 1. The van der Waals surface area contributed by atoms with Gasteiger partial charge in [0.2, 0.25) is 0 Å². The third-order valence-electron chi connectivity index (χ3n) is 4.53. The number of nitrogens with one attached hydrogen (secondary N) is 2. The molecule has 0 aliphatic carbocycles. The fraction of sp³-hybridized carbons (Fsp3) is 0.250. The van der Waals surface area contributed by atoms with Crippen LogP contribution in [0.25, 0.3) is 0 Å². The van der Waals surface area contributed by atoms with Crippen molar-refractivity contribution in [3.05, 3.63) is 66.8 Å². The Morgan fingerprint density at radius 3 is 2.48 bits per heavy atom. The van der Waals surface area contributed by atoms with Crippen molar-refractivity contribution in [1.82, 2.24) is 4.90 Å². The number of carbonyl (C=O) groups is 1. The fourth-order valence-electron chi connectivity index (χ4n) is 2.92. The summed E-state index contributed by atoms with van der Waals surface area (Å²) >= 11 is 3.39. The molecular formula is C20H20BrN3O5. The SMILES string of the molecule is CCC(Nc1c(Nc2cccc(C(=O)N(C)C)c2O)c(=O)c1=O)c1occc1Br. The zero-order chi connectivity index (χ0) is 21.3. The molecular weight excluding hydrogens is 442 g/mol. The van der Waals surface area contributed by atoms with Crippen LogP contribution in [0.15, 0.2) is 49.0 Å². The lowest BCUT2D eigenvalue weighted by atomic mass is 10.1. The van der Waals surface area contributed by atoms with Gasteiger partial charge in [0, 0.05) is 14.1 Å². The number of rotatable bonds is 7. The minimum absolute atomic E-state index is 0.0286. The number of hydrogen-bond acceptors (Lipinski definition) is 7. The van der Waals surface area contributed by atoms with Crippen molar-refractivity contribution < 1.29 is 14.3 Å². The van der Waals surface area contributed by atoms with Crippen molar-refractivity contribution in [3.8, 4) is 5.75 Å². The first-order valence-electron chi connectivity index (χ1n) is 8.89. The summed E-state index contributed by atoms with van der Waals surface area (Å²) in [5.74, 6) is -0.0813. The zero-order valence-electron chi connectivity index (χ0n) is 16.1. The molecule has 0 radical (unpaired) electrons. The number of nitrogens with zero attached hydrogens (tertiary/aromatic N) is 1. The smallest absolute Gasteiger partial charge is 0.257 e. The number of amides is 1. The lowest BCUT2D eigenvalue weighted by Crippen LogP contribution is -2.37. The average molecular weight is 462 g/mol. The van der Waals surface area contributed by atoms with Crippen molar-refractivity contribution in [1.29, 1.82) is 0 Å². The first-order valence-corrected chi connectivity index (χ1v) is 9.68.